The number of nitrogens with zero attached hydrogens (tertiary/aromatic N) is 4. The molecule has 37 heavy (non-hydrogen) atoms. The number of amides is 1. The number of ether oxygens (including phenoxy) is 4. The van der Waals surface area contributed by atoms with Crippen molar-refractivity contribution in [1.29, 1.82) is 0 Å². The highest BCUT2D eigenvalue weighted by atomic mass is 16.6. The van der Waals surface area contributed by atoms with Gasteiger partial charge in [-0.1, -0.05) is 13.8 Å². The lowest BCUT2D eigenvalue weighted by molar-refractivity contribution is -0.174. The molecule has 2 atom stereocenters. The van der Waals surface area contributed by atoms with Gasteiger partial charge < -0.3 is 28.7 Å². The smallest absolute Gasteiger partial charge is 0.313 e. The van der Waals surface area contributed by atoms with Crippen LogP contribution in [0.3, 0.4) is 0 Å². The first-order valence-electron chi connectivity index (χ1n) is 12.5. The van der Waals surface area contributed by atoms with Gasteiger partial charge in [0, 0.05) is 43.4 Å². The molecule has 2 aromatic rings. The van der Waals surface area contributed by atoms with Gasteiger partial charge in [0.15, 0.2) is 17.1 Å². The van der Waals surface area contributed by atoms with Crippen molar-refractivity contribution in [3.05, 3.63) is 24.4 Å². The summed E-state index contributed by atoms with van der Waals surface area (Å²) in [5, 5.41) is 0. The molecule has 0 spiro atoms. The fourth-order valence-corrected chi connectivity index (χ4v) is 5.98. The standard InChI is InChI=1S/C27H34N4O6/c1-25(2)26(3)8-9-27(25,37-23(26)33)22(32)30-11-13-31(14-12-30)24-28-10-7-18(29-24)17-15-19(34-4)21(36-6)20(16-17)35-5/h7,10,15-16H,8-9,11-14H2,1-6H3/t26-,27?/m0/s1. The Morgan fingerprint density at radius 1 is 0.973 bits per heavy atom. The summed E-state index contributed by atoms with van der Waals surface area (Å²) in [5.74, 6) is 1.84. The van der Waals surface area contributed by atoms with Crippen LogP contribution in [0.15, 0.2) is 24.4 Å². The van der Waals surface area contributed by atoms with Gasteiger partial charge in [-0.2, -0.15) is 0 Å². The first-order chi connectivity index (χ1) is 17.6. The Morgan fingerprint density at radius 3 is 2.14 bits per heavy atom. The van der Waals surface area contributed by atoms with Crippen LogP contribution >= 0.6 is 0 Å². The van der Waals surface area contributed by atoms with Crippen LogP contribution in [0.1, 0.15) is 33.6 Å². The summed E-state index contributed by atoms with van der Waals surface area (Å²) in [7, 11) is 4.72. The predicted octanol–water partition coefficient (Wildman–Crippen LogP) is 2.94. The first kappa shape index (κ1) is 25.1. The van der Waals surface area contributed by atoms with Gasteiger partial charge in [-0.3, -0.25) is 9.59 Å². The number of methoxy groups -OCH3 is 3. The highest BCUT2D eigenvalue weighted by molar-refractivity contribution is 5.96. The van der Waals surface area contributed by atoms with Gasteiger partial charge in [-0.25, -0.2) is 9.97 Å². The second-order valence-electron chi connectivity index (χ2n) is 10.6. The van der Waals surface area contributed by atoms with Crippen LogP contribution in [0.2, 0.25) is 0 Å². The molecule has 3 aliphatic rings. The predicted molar refractivity (Wildman–Crippen MR) is 136 cm³/mol. The molecule has 1 aromatic carbocycles. The topological polar surface area (TPSA) is 103 Å². The molecule has 0 radical (unpaired) electrons. The molecule has 1 unspecified atom stereocenters. The quantitative estimate of drug-likeness (QED) is 0.543. The van der Waals surface area contributed by atoms with E-state index in [1.54, 1.807) is 27.5 Å². The molecule has 1 aliphatic carbocycles. The van der Waals surface area contributed by atoms with Crippen molar-refractivity contribution < 1.29 is 28.5 Å². The number of rotatable bonds is 6. The lowest BCUT2D eigenvalue weighted by Crippen LogP contribution is -2.59. The third kappa shape index (κ3) is 3.52. The molecule has 2 aliphatic heterocycles. The Labute approximate surface area is 216 Å². The number of benzene rings is 1. The van der Waals surface area contributed by atoms with E-state index in [1.807, 2.05) is 43.9 Å². The molecule has 1 aromatic heterocycles. The summed E-state index contributed by atoms with van der Waals surface area (Å²) >= 11 is 0. The molecule has 5 rings (SSSR count). The van der Waals surface area contributed by atoms with Crippen molar-refractivity contribution in [3.63, 3.8) is 0 Å². The van der Waals surface area contributed by atoms with Gasteiger partial charge >= 0.3 is 5.97 Å². The highest BCUT2D eigenvalue weighted by Gasteiger charge is 2.76. The summed E-state index contributed by atoms with van der Waals surface area (Å²) < 4.78 is 22.2. The number of esters is 1. The van der Waals surface area contributed by atoms with Gasteiger partial charge in [0.05, 0.1) is 32.4 Å². The van der Waals surface area contributed by atoms with Gasteiger partial charge in [-0.15, -0.1) is 0 Å². The molecule has 1 amide bonds. The summed E-state index contributed by atoms with van der Waals surface area (Å²) in [6.45, 7) is 8.06. The van der Waals surface area contributed by atoms with Crippen LogP contribution in [0, 0.1) is 10.8 Å². The zero-order valence-electron chi connectivity index (χ0n) is 22.3. The van der Waals surface area contributed by atoms with Crippen molar-refractivity contribution in [2.24, 2.45) is 10.8 Å². The number of carbonyl (C=O) groups excluding carboxylic acids is 2. The van der Waals surface area contributed by atoms with Crippen LogP contribution in [0.5, 0.6) is 17.2 Å². The fraction of sp³-hybridized carbons (Fsp3) is 0.556. The monoisotopic (exact) mass is 510 g/mol. The van der Waals surface area contributed by atoms with Crippen molar-refractivity contribution in [2.45, 2.75) is 39.2 Å². The number of hydrogen-bond acceptors (Lipinski definition) is 9. The van der Waals surface area contributed by atoms with Crippen LogP contribution in [0.4, 0.5) is 5.95 Å². The lowest BCUT2D eigenvalue weighted by Gasteiger charge is -2.42. The second-order valence-corrected chi connectivity index (χ2v) is 10.6. The summed E-state index contributed by atoms with van der Waals surface area (Å²) in [5.41, 5.74) is -0.731. The molecule has 3 heterocycles. The van der Waals surface area contributed by atoms with Crippen molar-refractivity contribution >= 4 is 17.8 Å². The average Bonchev–Trinajstić information content (AvgIpc) is 3.22. The molecular formula is C27H34N4O6. The molecule has 2 bridgehead atoms. The van der Waals surface area contributed by atoms with Crippen LogP contribution in [-0.4, -0.2) is 79.9 Å². The van der Waals surface area contributed by atoms with E-state index in [9.17, 15) is 9.59 Å². The molecule has 0 N–H and O–H groups in total. The number of fused-ring (bicyclic) bond motifs is 2. The van der Waals surface area contributed by atoms with E-state index in [0.717, 1.165) is 5.56 Å². The Kier molecular flexibility index (Phi) is 5.96. The minimum absolute atomic E-state index is 0.0844. The Hall–Kier alpha value is -3.56. The van der Waals surface area contributed by atoms with E-state index in [1.165, 1.54) is 0 Å². The summed E-state index contributed by atoms with van der Waals surface area (Å²) in [6, 6.07) is 5.53. The van der Waals surface area contributed by atoms with Crippen molar-refractivity contribution in [2.75, 3.05) is 52.4 Å². The number of hydrogen-bond donors (Lipinski definition) is 0. The van der Waals surface area contributed by atoms with E-state index in [-0.39, 0.29) is 11.9 Å². The third-order valence-electron chi connectivity index (χ3n) is 8.88. The Balaban J connectivity index is 1.33. The van der Waals surface area contributed by atoms with Crippen molar-refractivity contribution in [1.82, 2.24) is 14.9 Å². The first-order valence-corrected chi connectivity index (χ1v) is 12.5. The van der Waals surface area contributed by atoms with E-state index < -0.39 is 16.4 Å². The van der Waals surface area contributed by atoms with E-state index >= 15 is 0 Å². The molecule has 198 valence electrons. The average molecular weight is 511 g/mol. The normalized spacial score (nSPS) is 26.2. The minimum atomic E-state index is -1.08. The summed E-state index contributed by atoms with van der Waals surface area (Å²) in [4.78, 5) is 39.5. The number of piperazine rings is 1. The zero-order valence-corrected chi connectivity index (χ0v) is 22.3. The molecule has 10 heteroatoms. The van der Waals surface area contributed by atoms with Crippen LogP contribution in [0.25, 0.3) is 11.3 Å². The van der Waals surface area contributed by atoms with Gasteiger partial charge in [0.1, 0.15) is 0 Å². The van der Waals surface area contributed by atoms with E-state index in [2.05, 4.69) is 9.88 Å². The zero-order chi connectivity index (χ0) is 26.6. The molecule has 1 saturated carbocycles. The highest BCUT2D eigenvalue weighted by Crippen LogP contribution is 2.66. The maximum Gasteiger partial charge on any atom is 0.313 e. The maximum absolute atomic E-state index is 13.7. The maximum atomic E-state index is 13.7. The Morgan fingerprint density at radius 2 is 1.62 bits per heavy atom. The minimum Gasteiger partial charge on any atom is -0.493 e. The van der Waals surface area contributed by atoms with Gasteiger partial charge in [-0.05, 0) is 38.0 Å². The van der Waals surface area contributed by atoms with E-state index in [4.69, 9.17) is 23.9 Å². The molecular weight excluding hydrogens is 476 g/mol. The number of carbonyl (C=O) groups is 2. The molecule has 3 fully saturated rings. The largest absolute Gasteiger partial charge is 0.493 e. The number of anilines is 1. The van der Waals surface area contributed by atoms with Gasteiger partial charge in [0.2, 0.25) is 11.7 Å². The van der Waals surface area contributed by atoms with Crippen molar-refractivity contribution in [3.8, 4) is 28.5 Å². The number of aromatic nitrogens is 2. The second kappa shape index (κ2) is 8.78. The fourth-order valence-electron chi connectivity index (χ4n) is 5.98. The lowest BCUT2D eigenvalue weighted by atomic mass is 9.66. The molecule has 10 nitrogen and oxygen atoms in total. The van der Waals surface area contributed by atoms with Gasteiger partial charge in [0.25, 0.3) is 5.91 Å². The SMILES string of the molecule is COc1cc(-c2ccnc(N3CCN(C(=O)C45CC[C@@](C)(C(=O)O4)C5(C)C)CC3)n2)cc(OC)c1OC. The third-order valence-corrected chi connectivity index (χ3v) is 8.88. The Bertz CT molecular complexity index is 1220. The summed E-state index contributed by atoms with van der Waals surface area (Å²) in [6.07, 6.45) is 2.96. The molecule has 2 saturated heterocycles. The van der Waals surface area contributed by atoms with Crippen LogP contribution < -0.4 is 19.1 Å². The van der Waals surface area contributed by atoms with E-state index in [0.29, 0.717) is 67.9 Å². The van der Waals surface area contributed by atoms with Crippen LogP contribution in [-0.2, 0) is 14.3 Å².